The van der Waals surface area contributed by atoms with Crippen LogP contribution >= 0.6 is 43.2 Å². The quantitative estimate of drug-likeness (QED) is 0.581. The maximum Gasteiger partial charge on any atom is 0.256 e. The Morgan fingerprint density at radius 1 is 1.13 bits per heavy atom. The van der Waals surface area contributed by atoms with Gasteiger partial charge in [-0.3, -0.25) is 4.79 Å². The Morgan fingerprint density at radius 3 is 2.57 bits per heavy atom. The second kappa shape index (κ2) is 5.79. The van der Waals surface area contributed by atoms with Gasteiger partial charge in [-0.05, 0) is 80.8 Å². The van der Waals surface area contributed by atoms with Gasteiger partial charge in [0.1, 0.15) is 16.9 Å². The minimum absolute atomic E-state index is 0.0107. The topological polar surface area (TPSA) is 61.4 Å². The number of anilines is 1. The minimum atomic E-state index is -0.302. The predicted octanol–water partition coefficient (Wildman–Crippen LogP) is 4.71. The fourth-order valence-electron chi connectivity index (χ4n) is 3.20. The van der Waals surface area contributed by atoms with Crippen LogP contribution in [0.2, 0.25) is 0 Å². The number of carbonyl (C=O) groups is 1. The summed E-state index contributed by atoms with van der Waals surface area (Å²) in [5.74, 6) is 0.145. The molecule has 2 heterocycles. The van der Waals surface area contributed by atoms with E-state index >= 15 is 0 Å². The van der Waals surface area contributed by atoms with E-state index in [1.54, 1.807) is 11.3 Å². The first-order chi connectivity index (χ1) is 11.0. The second-order valence-corrected chi connectivity index (χ2v) is 8.61. The molecule has 0 saturated carbocycles. The number of phenolic OH excluding ortho intramolecular Hbond substituents is 1. The van der Waals surface area contributed by atoms with Crippen molar-refractivity contribution in [3.8, 4) is 5.75 Å². The van der Waals surface area contributed by atoms with Gasteiger partial charge < -0.3 is 15.7 Å². The summed E-state index contributed by atoms with van der Waals surface area (Å²) in [6, 6.07) is 3.63. The molecule has 4 rings (SSSR count). The Kier molecular flexibility index (Phi) is 3.90. The van der Waals surface area contributed by atoms with E-state index in [0.29, 0.717) is 8.95 Å². The van der Waals surface area contributed by atoms with Crippen LogP contribution in [-0.4, -0.2) is 11.0 Å². The summed E-state index contributed by atoms with van der Waals surface area (Å²) < 4.78 is 1.18. The van der Waals surface area contributed by atoms with Gasteiger partial charge in [0.05, 0.1) is 14.5 Å². The predicted molar refractivity (Wildman–Crippen MR) is 98.3 cm³/mol. The van der Waals surface area contributed by atoms with Crippen molar-refractivity contribution >= 4 is 54.1 Å². The lowest BCUT2D eigenvalue weighted by Gasteiger charge is -2.27. The lowest BCUT2D eigenvalue weighted by Crippen LogP contribution is -2.38. The zero-order valence-electron chi connectivity index (χ0n) is 12.1. The Labute approximate surface area is 154 Å². The molecular formula is C16H14Br2N2O2S. The maximum absolute atomic E-state index is 12.6. The van der Waals surface area contributed by atoms with E-state index in [2.05, 4.69) is 42.5 Å². The Bertz CT molecular complexity index is 796. The average molecular weight is 458 g/mol. The zero-order chi connectivity index (χ0) is 16.1. The van der Waals surface area contributed by atoms with Crippen molar-refractivity contribution in [1.29, 1.82) is 0 Å². The summed E-state index contributed by atoms with van der Waals surface area (Å²) in [6.07, 6.45) is 4.13. The van der Waals surface area contributed by atoms with Gasteiger partial charge in [0, 0.05) is 4.88 Å². The number of halogens is 2. The Hall–Kier alpha value is -1.05. The van der Waals surface area contributed by atoms with Crippen LogP contribution in [0.5, 0.6) is 5.75 Å². The smallest absolute Gasteiger partial charge is 0.256 e. The molecule has 0 saturated heterocycles. The van der Waals surface area contributed by atoms with Gasteiger partial charge in [-0.15, -0.1) is 11.3 Å². The van der Waals surface area contributed by atoms with Crippen molar-refractivity contribution in [2.75, 3.05) is 5.32 Å². The molecule has 1 aliphatic carbocycles. The lowest BCUT2D eigenvalue weighted by molar-refractivity contribution is 0.0935. The first kappa shape index (κ1) is 15.5. The van der Waals surface area contributed by atoms with Crippen LogP contribution in [0.15, 0.2) is 21.1 Å². The molecule has 1 amide bonds. The fourth-order valence-corrected chi connectivity index (χ4v) is 5.73. The van der Waals surface area contributed by atoms with Crippen LogP contribution in [0.4, 0.5) is 5.00 Å². The third-order valence-corrected chi connectivity index (χ3v) is 6.75. The van der Waals surface area contributed by atoms with Crippen molar-refractivity contribution < 1.29 is 9.90 Å². The molecule has 23 heavy (non-hydrogen) atoms. The molecule has 1 aromatic carbocycles. The van der Waals surface area contributed by atoms with Crippen LogP contribution in [-0.2, 0) is 12.8 Å². The number of thiophene rings is 1. The van der Waals surface area contributed by atoms with Crippen LogP contribution < -0.4 is 10.6 Å². The molecule has 1 aromatic heterocycles. The Morgan fingerprint density at radius 2 is 1.83 bits per heavy atom. The van der Waals surface area contributed by atoms with E-state index in [1.165, 1.54) is 16.9 Å². The molecule has 0 radical (unpaired) electrons. The van der Waals surface area contributed by atoms with Crippen LogP contribution in [0.3, 0.4) is 0 Å². The van der Waals surface area contributed by atoms with Crippen molar-refractivity contribution in [2.24, 2.45) is 0 Å². The molecule has 120 valence electrons. The van der Waals surface area contributed by atoms with Crippen molar-refractivity contribution in [3.63, 3.8) is 0 Å². The first-order valence-electron chi connectivity index (χ1n) is 7.44. The minimum Gasteiger partial charge on any atom is -0.506 e. The summed E-state index contributed by atoms with van der Waals surface area (Å²) >= 11 is 8.38. The van der Waals surface area contributed by atoms with Crippen molar-refractivity contribution in [1.82, 2.24) is 5.32 Å². The molecule has 2 aliphatic rings. The molecule has 1 unspecified atom stereocenters. The number of phenols is 1. The van der Waals surface area contributed by atoms with Gasteiger partial charge in [0.25, 0.3) is 5.91 Å². The number of hydrogen-bond acceptors (Lipinski definition) is 4. The first-order valence-corrected chi connectivity index (χ1v) is 9.84. The molecule has 7 heteroatoms. The highest BCUT2D eigenvalue weighted by molar-refractivity contribution is 9.11. The summed E-state index contributed by atoms with van der Waals surface area (Å²) in [7, 11) is 0. The monoisotopic (exact) mass is 456 g/mol. The number of aryl methyl sites for hydroxylation is 1. The van der Waals surface area contributed by atoms with Gasteiger partial charge in [0.2, 0.25) is 0 Å². The molecule has 2 aromatic rings. The summed E-state index contributed by atoms with van der Waals surface area (Å²) in [6.45, 7) is 0. The van der Waals surface area contributed by atoms with E-state index < -0.39 is 0 Å². The summed E-state index contributed by atoms with van der Waals surface area (Å²) in [4.78, 5) is 14.0. The standard InChI is InChI=1S/C16H14Br2N2O2S/c17-9-5-7(6-10(18)13(9)21)14-19-15(22)12-8-3-1-2-4-11(8)23-16(12)20-14/h5-6,14,20-21H,1-4H2,(H,19,22). The lowest BCUT2D eigenvalue weighted by atomic mass is 9.94. The summed E-state index contributed by atoms with van der Waals surface area (Å²) in [5.41, 5.74) is 2.94. The zero-order valence-corrected chi connectivity index (χ0v) is 16.1. The number of amides is 1. The van der Waals surface area contributed by atoms with E-state index in [9.17, 15) is 9.90 Å². The molecule has 0 fully saturated rings. The summed E-state index contributed by atoms with van der Waals surface area (Å²) in [5, 5.41) is 17.3. The van der Waals surface area contributed by atoms with Crippen LogP contribution in [0.1, 0.15) is 45.4 Å². The van der Waals surface area contributed by atoms with E-state index in [0.717, 1.165) is 35.4 Å². The maximum atomic E-state index is 12.6. The molecular weight excluding hydrogens is 444 g/mol. The number of hydrogen-bond donors (Lipinski definition) is 3. The van der Waals surface area contributed by atoms with Gasteiger partial charge in [-0.25, -0.2) is 0 Å². The van der Waals surface area contributed by atoms with Crippen LogP contribution in [0.25, 0.3) is 0 Å². The largest absolute Gasteiger partial charge is 0.506 e. The third-order valence-electron chi connectivity index (χ3n) is 4.32. The molecule has 4 nitrogen and oxygen atoms in total. The number of fused-ring (bicyclic) bond motifs is 3. The van der Waals surface area contributed by atoms with E-state index in [4.69, 9.17) is 0 Å². The fraction of sp³-hybridized carbons (Fsp3) is 0.312. The highest BCUT2D eigenvalue weighted by Gasteiger charge is 2.32. The van der Waals surface area contributed by atoms with Gasteiger partial charge in [-0.1, -0.05) is 0 Å². The Balaban J connectivity index is 1.72. The third kappa shape index (κ3) is 2.58. The van der Waals surface area contributed by atoms with Gasteiger partial charge in [0.15, 0.2) is 0 Å². The van der Waals surface area contributed by atoms with Crippen molar-refractivity contribution in [2.45, 2.75) is 31.8 Å². The average Bonchev–Trinajstić information content (AvgIpc) is 2.90. The van der Waals surface area contributed by atoms with E-state index in [1.807, 2.05) is 12.1 Å². The van der Waals surface area contributed by atoms with Gasteiger partial charge >= 0.3 is 0 Å². The highest BCUT2D eigenvalue weighted by Crippen LogP contribution is 2.42. The normalized spacial score (nSPS) is 19.6. The number of benzene rings is 1. The number of aromatic hydroxyl groups is 1. The highest BCUT2D eigenvalue weighted by atomic mass is 79.9. The number of carbonyl (C=O) groups excluding carboxylic acids is 1. The molecule has 1 atom stereocenters. The van der Waals surface area contributed by atoms with E-state index in [-0.39, 0.29) is 17.8 Å². The number of rotatable bonds is 1. The van der Waals surface area contributed by atoms with Gasteiger partial charge in [-0.2, -0.15) is 0 Å². The SMILES string of the molecule is O=C1NC(c2cc(Br)c(O)c(Br)c2)Nc2sc3c(c21)CCCC3. The van der Waals surface area contributed by atoms with Crippen molar-refractivity contribution in [3.05, 3.63) is 42.6 Å². The number of nitrogens with one attached hydrogen (secondary N) is 2. The molecule has 3 N–H and O–H groups in total. The molecule has 0 spiro atoms. The van der Waals surface area contributed by atoms with Crippen LogP contribution in [0, 0.1) is 0 Å². The molecule has 1 aliphatic heterocycles. The molecule has 0 bridgehead atoms. The second-order valence-electron chi connectivity index (χ2n) is 5.80.